The van der Waals surface area contributed by atoms with Gasteiger partial charge in [0.25, 0.3) is 0 Å². The minimum atomic E-state index is -0.690. The second-order valence-corrected chi connectivity index (χ2v) is 7.15. The van der Waals surface area contributed by atoms with E-state index in [1.54, 1.807) is 11.8 Å². The first-order valence-corrected chi connectivity index (χ1v) is 7.74. The number of hydrogen-bond acceptors (Lipinski definition) is 3. The molecule has 1 amide bonds. The summed E-state index contributed by atoms with van der Waals surface area (Å²) in [5, 5.41) is 10.6. The van der Waals surface area contributed by atoms with E-state index in [0.29, 0.717) is 18.3 Å². The van der Waals surface area contributed by atoms with Crippen molar-refractivity contribution < 1.29 is 14.7 Å². The van der Waals surface area contributed by atoms with Crippen molar-refractivity contribution in [2.75, 3.05) is 0 Å². The van der Waals surface area contributed by atoms with Crippen LogP contribution in [0.15, 0.2) is 0 Å². The number of amides is 1. The molecule has 1 aliphatic heterocycles. The van der Waals surface area contributed by atoms with Gasteiger partial charge in [0.2, 0.25) is 6.41 Å². The van der Waals surface area contributed by atoms with Crippen LogP contribution in [0.1, 0.15) is 53.4 Å². The van der Waals surface area contributed by atoms with Gasteiger partial charge in [0, 0.05) is 17.9 Å². The first-order chi connectivity index (χ1) is 9.32. The van der Waals surface area contributed by atoms with E-state index in [4.69, 9.17) is 0 Å². The van der Waals surface area contributed by atoms with E-state index in [2.05, 4.69) is 20.8 Å². The molecular weight excluding hydrogens is 254 g/mol. The van der Waals surface area contributed by atoms with E-state index in [1.165, 1.54) is 0 Å². The number of Topliss-reactive ketones (excluding diaryl/α,β-unsaturated/α-hetero) is 1. The Kier molecular flexibility index (Phi) is 4.24. The second-order valence-electron chi connectivity index (χ2n) is 7.15. The number of carbonyl (C=O) groups is 2. The lowest BCUT2D eigenvalue weighted by Gasteiger charge is -2.44. The van der Waals surface area contributed by atoms with Crippen molar-refractivity contribution in [1.29, 1.82) is 0 Å². The largest absolute Gasteiger partial charge is 0.373 e. The predicted octanol–water partition coefficient (Wildman–Crippen LogP) is 2.20. The number of fused-ring (bicyclic) bond motifs is 2. The smallest absolute Gasteiger partial charge is 0.212 e. The molecule has 1 N–H and O–H groups in total. The summed E-state index contributed by atoms with van der Waals surface area (Å²) in [7, 11) is 0. The number of likely N-dealkylation sites (tertiary alicyclic amines) is 1. The van der Waals surface area contributed by atoms with Gasteiger partial charge < -0.3 is 14.8 Å². The summed E-state index contributed by atoms with van der Waals surface area (Å²) in [6.45, 7) is 8.06. The van der Waals surface area contributed by atoms with Crippen LogP contribution in [0.4, 0.5) is 0 Å². The van der Waals surface area contributed by atoms with Crippen LogP contribution in [0.3, 0.4) is 0 Å². The third-order valence-corrected chi connectivity index (χ3v) is 5.74. The maximum absolute atomic E-state index is 11.4. The topological polar surface area (TPSA) is 57.6 Å². The number of hydrogen-bond donors (Lipinski definition) is 1. The molecule has 114 valence electrons. The van der Waals surface area contributed by atoms with Crippen molar-refractivity contribution in [1.82, 2.24) is 4.90 Å². The molecule has 5 unspecified atom stereocenters. The van der Waals surface area contributed by atoms with Crippen molar-refractivity contribution in [2.45, 2.75) is 65.1 Å². The Bertz CT molecular complexity index is 395. The van der Waals surface area contributed by atoms with Crippen LogP contribution < -0.4 is 0 Å². The summed E-state index contributed by atoms with van der Waals surface area (Å²) in [6.07, 6.45) is 3.40. The van der Waals surface area contributed by atoms with Crippen molar-refractivity contribution >= 4 is 12.2 Å². The van der Waals surface area contributed by atoms with Gasteiger partial charge in [0.05, 0.1) is 0 Å². The Morgan fingerprint density at radius 3 is 2.65 bits per heavy atom. The molecule has 0 aromatic rings. The van der Waals surface area contributed by atoms with Gasteiger partial charge in [-0.05, 0) is 50.9 Å². The minimum Gasteiger partial charge on any atom is -0.373 e. The van der Waals surface area contributed by atoms with E-state index in [0.717, 1.165) is 25.7 Å². The molecule has 5 atom stereocenters. The van der Waals surface area contributed by atoms with Crippen molar-refractivity contribution in [2.24, 2.45) is 23.7 Å². The normalized spacial score (nSPS) is 40.2. The zero-order valence-corrected chi connectivity index (χ0v) is 13.0. The van der Waals surface area contributed by atoms with Gasteiger partial charge in [-0.15, -0.1) is 0 Å². The Labute approximate surface area is 121 Å². The Morgan fingerprint density at radius 1 is 1.50 bits per heavy atom. The molecular formula is C16H27NO3. The summed E-state index contributed by atoms with van der Waals surface area (Å²) in [5.41, 5.74) is -0.285. The van der Waals surface area contributed by atoms with Crippen LogP contribution in [0, 0.1) is 23.7 Å². The number of nitrogens with zero attached hydrogens (tertiary/aromatic N) is 1. The maximum Gasteiger partial charge on any atom is 0.212 e. The molecule has 0 radical (unpaired) electrons. The standard InChI is InChI=1S/C16H27NO3/c1-10(2)12-7-8-16(4)13(6-5-11(3)19)14(12)15(20)17(16)9-18/h9-10,12-15,20H,5-8H2,1-4H3. The van der Waals surface area contributed by atoms with Crippen LogP contribution in [0.25, 0.3) is 0 Å². The number of aliphatic hydroxyl groups is 1. The molecule has 20 heavy (non-hydrogen) atoms. The number of carbonyl (C=O) groups excluding carboxylic acids is 2. The first-order valence-electron chi connectivity index (χ1n) is 7.74. The van der Waals surface area contributed by atoms with Gasteiger partial charge >= 0.3 is 0 Å². The van der Waals surface area contributed by atoms with E-state index in [9.17, 15) is 14.7 Å². The van der Waals surface area contributed by atoms with Crippen LogP contribution in [-0.4, -0.2) is 34.0 Å². The molecule has 1 aliphatic carbocycles. The van der Waals surface area contributed by atoms with Gasteiger partial charge in [-0.1, -0.05) is 13.8 Å². The fourth-order valence-corrected chi connectivity index (χ4v) is 4.61. The lowest BCUT2D eigenvalue weighted by Crippen LogP contribution is -2.48. The first kappa shape index (κ1) is 15.5. The highest BCUT2D eigenvalue weighted by atomic mass is 16.3. The molecule has 1 saturated carbocycles. The van der Waals surface area contributed by atoms with Gasteiger partial charge in [0.1, 0.15) is 12.0 Å². The average molecular weight is 281 g/mol. The van der Waals surface area contributed by atoms with E-state index >= 15 is 0 Å². The van der Waals surface area contributed by atoms with E-state index in [1.807, 2.05) is 0 Å². The summed E-state index contributed by atoms with van der Waals surface area (Å²) >= 11 is 0. The number of rotatable bonds is 5. The zero-order valence-electron chi connectivity index (χ0n) is 13.0. The highest BCUT2D eigenvalue weighted by Gasteiger charge is 2.60. The van der Waals surface area contributed by atoms with Gasteiger partial charge in [-0.2, -0.15) is 0 Å². The van der Waals surface area contributed by atoms with Crippen LogP contribution in [0.5, 0.6) is 0 Å². The quantitative estimate of drug-likeness (QED) is 0.786. The third-order valence-electron chi connectivity index (χ3n) is 5.74. The maximum atomic E-state index is 11.4. The van der Waals surface area contributed by atoms with Gasteiger partial charge in [-0.25, -0.2) is 0 Å². The molecule has 4 nitrogen and oxygen atoms in total. The summed E-state index contributed by atoms with van der Waals surface area (Å²) in [5.74, 6) is 1.45. The van der Waals surface area contributed by atoms with Crippen LogP contribution >= 0.6 is 0 Å². The lowest BCUT2D eigenvalue weighted by atomic mass is 9.62. The van der Waals surface area contributed by atoms with Crippen LogP contribution in [-0.2, 0) is 9.59 Å². The number of ketones is 1. The van der Waals surface area contributed by atoms with E-state index < -0.39 is 6.23 Å². The van der Waals surface area contributed by atoms with Crippen molar-refractivity contribution in [3.05, 3.63) is 0 Å². The summed E-state index contributed by atoms with van der Waals surface area (Å²) in [4.78, 5) is 24.4. The Morgan fingerprint density at radius 2 is 2.15 bits per heavy atom. The molecule has 2 bridgehead atoms. The molecule has 0 aromatic heterocycles. The molecule has 1 saturated heterocycles. The van der Waals surface area contributed by atoms with E-state index in [-0.39, 0.29) is 23.2 Å². The lowest BCUT2D eigenvalue weighted by molar-refractivity contribution is -0.132. The summed E-state index contributed by atoms with van der Waals surface area (Å²) < 4.78 is 0. The Balaban J connectivity index is 2.31. The SMILES string of the molecule is CC(=O)CCC1C2C(C(C)C)CCC1(C)N(C=O)C2O. The second kappa shape index (κ2) is 5.47. The highest BCUT2D eigenvalue weighted by molar-refractivity contribution is 5.75. The molecule has 0 spiro atoms. The molecule has 2 rings (SSSR count). The fraction of sp³-hybridized carbons (Fsp3) is 0.875. The zero-order chi connectivity index (χ0) is 15.1. The van der Waals surface area contributed by atoms with Gasteiger partial charge in [-0.3, -0.25) is 4.79 Å². The number of aliphatic hydroxyl groups excluding tert-OH is 1. The minimum absolute atomic E-state index is 0.110. The highest BCUT2D eigenvalue weighted by Crippen LogP contribution is 2.56. The van der Waals surface area contributed by atoms with Crippen molar-refractivity contribution in [3.63, 3.8) is 0 Å². The average Bonchev–Trinajstić information content (AvgIpc) is 2.48. The molecule has 2 fully saturated rings. The molecule has 2 aliphatic rings. The molecule has 4 heteroatoms. The van der Waals surface area contributed by atoms with Crippen molar-refractivity contribution in [3.8, 4) is 0 Å². The van der Waals surface area contributed by atoms with Crippen LogP contribution in [0.2, 0.25) is 0 Å². The Hall–Kier alpha value is -0.900. The molecule has 0 aromatic carbocycles. The molecule has 1 heterocycles. The predicted molar refractivity (Wildman–Crippen MR) is 76.8 cm³/mol. The summed E-state index contributed by atoms with van der Waals surface area (Å²) in [6, 6.07) is 0. The fourth-order valence-electron chi connectivity index (χ4n) is 4.61. The monoisotopic (exact) mass is 281 g/mol. The third kappa shape index (κ3) is 2.28. The van der Waals surface area contributed by atoms with Gasteiger partial charge in [0.15, 0.2) is 0 Å².